The SMILES string of the molecule is CC(C)N1CC2(CCOCC2)c2cc(NC(=O)C3CCC3)ccc21. The Morgan fingerprint density at radius 1 is 1.29 bits per heavy atom. The van der Waals surface area contributed by atoms with Gasteiger partial charge in [-0.2, -0.15) is 0 Å². The Hall–Kier alpha value is -1.55. The topological polar surface area (TPSA) is 41.6 Å². The molecule has 1 aromatic rings. The van der Waals surface area contributed by atoms with Gasteiger partial charge in [0, 0.05) is 48.5 Å². The summed E-state index contributed by atoms with van der Waals surface area (Å²) in [6.07, 6.45) is 5.42. The Bertz CT molecular complexity index is 631. The molecule has 2 fully saturated rings. The lowest BCUT2D eigenvalue weighted by Gasteiger charge is -2.35. The van der Waals surface area contributed by atoms with Gasteiger partial charge in [-0.25, -0.2) is 0 Å². The number of nitrogens with one attached hydrogen (secondary N) is 1. The third-order valence-electron chi connectivity index (χ3n) is 6.17. The molecule has 1 aliphatic carbocycles. The summed E-state index contributed by atoms with van der Waals surface area (Å²) in [7, 11) is 0. The highest BCUT2D eigenvalue weighted by molar-refractivity contribution is 5.93. The second kappa shape index (κ2) is 6.07. The zero-order chi connectivity index (χ0) is 16.7. The minimum Gasteiger partial charge on any atom is -0.381 e. The maximum absolute atomic E-state index is 12.3. The lowest BCUT2D eigenvalue weighted by atomic mass is 9.75. The van der Waals surface area contributed by atoms with E-state index in [1.54, 1.807) is 0 Å². The second-order valence-corrected chi connectivity index (χ2v) is 7.96. The Morgan fingerprint density at radius 2 is 2.04 bits per heavy atom. The summed E-state index contributed by atoms with van der Waals surface area (Å²) in [5.41, 5.74) is 3.90. The van der Waals surface area contributed by atoms with Crippen molar-refractivity contribution in [3.05, 3.63) is 23.8 Å². The first-order valence-corrected chi connectivity index (χ1v) is 9.39. The fourth-order valence-electron chi connectivity index (χ4n) is 4.35. The molecule has 1 aromatic carbocycles. The monoisotopic (exact) mass is 328 g/mol. The van der Waals surface area contributed by atoms with Crippen molar-refractivity contribution in [1.29, 1.82) is 0 Å². The second-order valence-electron chi connectivity index (χ2n) is 7.96. The number of ether oxygens (including phenoxy) is 1. The van der Waals surface area contributed by atoms with Crippen molar-refractivity contribution in [1.82, 2.24) is 0 Å². The average molecular weight is 328 g/mol. The molecule has 1 amide bonds. The van der Waals surface area contributed by atoms with E-state index in [-0.39, 0.29) is 17.2 Å². The maximum Gasteiger partial charge on any atom is 0.227 e. The molecule has 0 atom stereocenters. The van der Waals surface area contributed by atoms with Gasteiger partial charge in [-0.05, 0) is 63.3 Å². The molecular weight excluding hydrogens is 300 g/mol. The van der Waals surface area contributed by atoms with Crippen molar-refractivity contribution in [2.24, 2.45) is 5.92 Å². The molecule has 1 spiro atoms. The van der Waals surface area contributed by atoms with Crippen LogP contribution >= 0.6 is 0 Å². The predicted molar refractivity (Wildman–Crippen MR) is 96.6 cm³/mol. The molecule has 4 heteroatoms. The standard InChI is InChI=1S/C20H28N2O2/c1-14(2)22-13-20(8-10-24-11-9-20)17-12-16(6-7-18(17)22)21-19(23)15-4-3-5-15/h6-7,12,14-15H,3-5,8-11,13H2,1-2H3,(H,21,23). The van der Waals surface area contributed by atoms with Crippen molar-refractivity contribution in [2.75, 3.05) is 30.0 Å². The molecule has 0 bridgehead atoms. The van der Waals surface area contributed by atoms with Gasteiger partial charge in [-0.15, -0.1) is 0 Å². The summed E-state index contributed by atoms with van der Waals surface area (Å²) in [6, 6.07) is 7.00. The largest absolute Gasteiger partial charge is 0.381 e. The summed E-state index contributed by atoms with van der Waals surface area (Å²) in [5, 5.41) is 3.15. The summed E-state index contributed by atoms with van der Waals surface area (Å²) < 4.78 is 5.63. The third-order valence-corrected chi connectivity index (χ3v) is 6.17. The quantitative estimate of drug-likeness (QED) is 0.920. The molecule has 1 N–H and O–H groups in total. The van der Waals surface area contributed by atoms with Crippen LogP contribution in [0.4, 0.5) is 11.4 Å². The Morgan fingerprint density at radius 3 is 2.67 bits per heavy atom. The predicted octanol–water partition coefficient (Wildman–Crippen LogP) is 3.70. The molecule has 0 unspecified atom stereocenters. The zero-order valence-electron chi connectivity index (χ0n) is 14.8. The van der Waals surface area contributed by atoms with E-state index in [9.17, 15) is 4.79 Å². The Labute approximate surface area is 144 Å². The van der Waals surface area contributed by atoms with E-state index < -0.39 is 0 Å². The summed E-state index contributed by atoms with van der Waals surface area (Å²) >= 11 is 0. The molecule has 2 aliphatic heterocycles. The number of hydrogen-bond donors (Lipinski definition) is 1. The van der Waals surface area contributed by atoms with Crippen LogP contribution in [0.15, 0.2) is 18.2 Å². The third kappa shape index (κ3) is 2.61. The molecule has 2 heterocycles. The van der Waals surface area contributed by atoms with Crippen LogP contribution < -0.4 is 10.2 Å². The Balaban J connectivity index is 1.64. The number of fused-ring (bicyclic) bond motifs is 2. The molecule has 1 saturated carbocycles. The minimum absolute atomic E-state index is 0.190. The lowest BCUT2D eigenvalue weighted by Crippen LogP contribution is -2.40. The molecule has 4 nitrogen and oxygen atoms in total. The van der Waals surface area contributed by atoms with Crippen molar-refractivity contribution in [2.45, 2.75) is 57.4 Å². The number of nitrogens with zero attached hydrogens (tertiary/aromatic N) is 1. The molecule has 0 aromatic heterocycles. The molecular formula is C20H28N2O2. The van der Waals surface area contributed by atoms with Gasteiger partial charge in [0.05, 0.1) is 0 Å². The first kappa shape index (κ1) is 15.9. The van der Waals surface area contributed by atoms with Gasteiger partial charge in [-0.3, -0.25) is 4.79 Å². The van der Waals surface area contributed by atoms with Crippen LogP contribution in [0.5, 0.6) is 0 Å². The van der Waals surface area contributed by atoms with Crippen LogP contribution in [0.3, 0.4) is 0 Å². The van der Waals surface area contributed by atoms with Gasteiger partial charge in [-0.1, -0.05) is 6.42 Å². The molecule has 4 rings (SSSR count). The zero-order valence-corrected chi connectivity index (χ0v) is 14.8. The van der Waals surface area contributed by atoms with Crippen molar-refractivity contribution >= 4 is 17.3 Å². The van der Waals surface area contributed by atoms with E-state index in [0.29, 0.717) is 6.04 Å². The lowest BCUT2D eigenvalue weighted by molar-refractivity contribution is -0.122. The number of anilines is 2. The number of rotatable bonds is 3. The van der Waals surface area contributed by atoms with Gasteiger partial charge in [0.25, 0.3) is 0 Å². The van der Waals surface area contributed by atoms with Gasteiger partial charge in [0.15, 0.2) is 0 Å². The fraction of sp³-hybridized carbons (Fsp3) is 0.650. The summed E-state index contributed by atoms with van der Waals surface area (Å²) in [6.45, 7) is 7.26. The summed E-state index contributed by atoms with van der Waals surface area (Å²) in [4.78, 5) is 14.8. The van der Waals surface area contributed by atoms with Crippen molar-refractivity contribution in [3.63, 3.8) is 0 Å². The van der Waals surface area contributed by atoms with Crippen LogP contribution in [0, 0.1) is 5.92 Å². The van der Waals surface area contributed by atoms with Crippen LogP contribution in [0.2, 0.25) is 0 Å². The van der Waals surface area contributed by atoms with Gasteiger partial charge >= 0.3 is 0 Å². The first-order valence-electron chi connectivity index (χ1n) is 9.39. The smallest absolute Gasteiger partial charge is 0.227 e. The number of carbonyl (C=O) groups excluding carboxylic acids is 1. The van der Waals surface area contributed by atoms with E-state index >= 15 is 0 Å². The normalized spacial score (nSPS) is 22.5. The highest BCUT2D eigenvalue weighted by atomic mass is 16.5. The van der Waals surface area contributed by atoms with Crippen molar-refractivity contribution in [3.8, 4) is 0 Å². The molecule has 3 aliphatic rings. The fourth-order valence-corrected chi connectivity index (χ4v) is 4.35. The van der Waals surface area contributed by atoms with Gasteiger partial charge < -0.3 is 15.0 Å². The minimum atomic E-state index is 0.190. The van der Waals surface area contributed by atoms with Crippen molar-refractivity contribution < 1.29 is 9.53 Å². The number of amides is 1. The van der Waals surface area contributed by atoms with Crippen LogP contribution in [0.1, 0.15) is 51.5 Å². The number of hydrogen-bond acceptors (Lipinski definition) is 3. The molecule has 130 valence electrons. The van der Waals surface area contributed by atoms with Crippen LogP contribution in [-0.2, 0) is 14.9 Å². The summed E-state index contributed by atoms with van der Waals surface area (Å²) in [5.74, 6) is 0.420. The van der Waals surface area contributed by atoms with E-state index in [4.69, 9.17) is 4.74 Å². The van der Waals surface area contributed by atoms with E-state index in [1.165, 1.54) is 17.7 Å². The van der Waals surface area contributed by atoms with Gasteiger partial charge in [0.2, 0.25) is 5.91 Å². The van der Waals surface area contributed by atoms with Gasteiger partial charge in [0.1, 0.15) is 0 Å². The van der Waals surface area contributed by atoms with E-state index in [1.807, 2.05) is 0 Å². The molecule has 24 heavy (non-hydrogen) atoms. The number of benzene rings is 1. The highest BCUT2D eigenvalue weighted by Gasteiger charge is 2.44. The highest BCUT2D eigenvalue weighted by Crippen LogP contribution is 2.48. The number of carbonyl (C=O) groups is 1. The first-order chi connectivity index (χ1) is 11.6. The van der Waals surface area contributed by atoms with E-state index in [0.717, 1.165) is 51.1 Å². The van der Waals surface area contributed by atoms with Crippen LogP contribution in [-0.4, -0.2) is 31.7 Å². The maximum atomic E-state index is 12.3. The van der Waals surface area contributed by atoms with Crippen LogP contribution in [0.25, 0.3) is 0 Å². The van der Waals surface area contributed by atoms with E-state index in [2.05, 4.69) is 42.3 Å². The molecule has 1 saturated heterocycles. The Kier molecular flexibility index (Phi) is 4.03. The molecule has 0 radical (unpaired) electrons. The average Bonchev–Trinajstić information content (AvgIpc) is 2.81.